The molecule has 0 spiro atoms. The van der Waals surface area contributed by atoms with Crippen molar-refractivity contribution in [3.63, 3.8) is 0 Å². The number of carbonyl (C=O) groups excluding carboxylic acids is 1. The Morgan fingerprint density at radius 1 is 1.54 bits per heavy atom. The van der Waals surface area contributed by atoms with E-state index in [4.69, 9.17) is 11.6 Å². The first-order valence-corrected chi connectivity index (χ1v) is 4.12. The van der Waals surface area contributed by atoms with Crippen molar-refractivity contribution in [2.75, 3.05) is 0 Å². The van der Waals surface area contributed by atoms with E-state index in [0.29, 0.717) is 10.5 Å². The highest BCUT2D eigenvalue weighted by atomic mass is 35.5. The molecule has 0 saturated heterocycles. The van der Waals surface area contributed by atoms with Crippen LogP contribution in [-0.2, 0) is 11.3 Å². The van der Waals surface area contributed by atoms with Crippen LogP contribution in [0.1, 0.15) is 0 Å². The van der Waals surface area contributed by atoms with Crippen molar-refractivity contribution in [1.82, 2.24) is 15.0 Å². The van der Waals surface area contributed by atoms with Crippen molar-refractivity contribution >= 4 is 28.9 Å². The molecule has 1 aromatic carbocycles. The number of nitrogens with zero attached hydrogens (tertiary/aromatic N) is 3. The molecule has 0 saturated carbocycles. The molecule has 1 aromatic heterocycles. The number of carbonyl (C=O) groups is 1. The minimum Gasteiger partial charge on any atom is -0.301 e. The highest BCUT2D eigenvalue weighted by molar-refractivity contribution is 6.34. The van der Waals surface area contributed by atoms with E-state index in [1.54, 1.807) is 12.1 Å². The molecule has 1 heterocycles. The van der Waals surface area contributed by atoms with Gasteiger partial charge in [-0.1, -0.05) is 22.9 Å². The second-order valence-corrected chi connectivity index (χ2v) is 2.95. The highest BCUT2D eigenvalue weighted by Gasteiger charge is 2.05. The zero-order chi connectivity index (χ0) is 9.26. The molecule has 0 bridgehead atoms. The average molecular weight is 196 g/mol. The smallest absolute Gasteiger partial charge is 0.141 e. The molecule has 0 radical (unpaired) electrons. The minimum atomic E-state index is 0.205. The summed E-state index contributed by atoms with van der Waals surface area (Å²) in [6, 6.07) is 5.36. The van der Waals surface area contributed by atoms with Crippen LogP contribution >= 0.6 is 11.6 Å². The second kappa shape index (κ2) is 3.14. The van der Waals surface area contributed by atoms with Gasteiger partial charge in [0.05, 0.1) is 17.1 Å². The summed E-state index contributed by atoms with van der Waals surface area (Å²) >= 11 is 5.87. The first-order valence-electron chi connectivity index (χ1n) is 3.74. The largest absolute Gasteiger partial charge is 0.301 e. The van der Waals surface area contributed by atoms with Crippen LogP contribution in [0.15, 0.2) is 18.2 Å². The Hall–Kier alpha value is -1.42. The van der Waals surface area contributed by atoms with Crippen LogP contribution in [0.2, 0.25) is 5.02 Å². The third kappa shape index (κ3) is 1.29. The summed E-state index contributed by atoms with van der Waals surface area (Å²) in [5, 5.41) is 8.21. The predicted octanol–water partition coefficient (Wildman–Crippen LogP) is 1.28. The van der Waals surface area contributed by atoms with Gasteiger partial charge in [0.15, 0.2) is 0 Å². The quantitative estimate of drug-likeness (QED) is 0.679. The van der Waals surface area contributed by atoms with Crippen molar-refractivity contribution < 1.29 is 4.79 Å². The SMILES string of the molecule is O=CCn1nnc2c(Cl)cccc21. The maximum atomic E-state index is 10.3. The van der Waals surface area contributed by atoms with Gasteiger partial charge in [-0.3, -0.25) is 0 Å². The summed E-state index contributed by atoms with van der Waals surface area (Å²) < 4.78 is 1.51. The summed E-state index contributed by atoms with van der Waals surface area (Å²) in [6.07, 6.45) is 0.773. The lowest BCUT2D eigenvalue weighted by Crippen LogP contribution is -2.00. The van der Waals surface area contributed by atoms with E-state index >= 15 is 0 Å². The summed E-state index contributed by atoms with van der Waals surface area (Å²) in [5.74, 6) is 0. The van der Waals surface area contributed by atoms with Crippen LogP contribution in [0.3, 0.4) is 0 Å². The molecular weight excluding hydrogens is 190 g/mol. The van der Waals surface area contributed by atoms with E-state index in [1.165, 1.54) is 4.68 Å². The fraction of sp³-hybridized carbons (Fsp3) is 0.125. The third-order valence-electron chi connectivity index (χ3n) is 1.74. The number of halogens is 1. The molecule has 0 amide bonds. The standard InChI is InChI=1S/C8H6ClN3O/c9-6-2-1-3-7-8(6)10-11-12(7)4-5-13/h1-3,5H,4H2. The molecule has 0 aliphatic rings. The number of hydrogen-bond donors (Lipinski definition) is 0. The Balaban J connectivity index is 2.67. The van der Waals surface area contributed by atoms with Crippen molar-refractivity contribution in [2.45, 2.75) is 6.54 Å². The Bertz CT molecular complexity index is 452. The van der Waals surface area contributed by atoms with Gasteiger partial charge in [0.25, 0.3) is 0 Å². The van der Waals surface area contributed by atoms with E-state index < -0.39 is 0 Å². The number of hydrogen-bond acceptors (Lipinski definition) is 3. The van der Waals surface area contributed by atoms with Crippen molar-refractivity contribution in [3.8, 4) is 0 Å². The predicted molar refractivity (Wildman–Crippen MR) is 48.6 cm³/mol. The first-order chi connectivity index (χ1) is 6.33. The monoisotopic (exact) mass is 195 g/mol. The molecule has 2 rings (SSSR count). The molecule has 0 atom stereocenters. The molecule has 5 heteroatoms. The normalized spacial score (nSPS) is 10.5. The molecule has 0 fully saturated rings. The van der Waals surface area contributed by atoms with Crippen LogP contribution in [-0.4, -0.2) is 21.3 Å². The number of aromatic nitrogens is 3. The molecule has 0 aliphatic carbocycles. The minimum absolute atomic E-state index is 0.205. The van der Waals surface area contributed by atoms with E-state index in [-0.39, 0.29) is 6.54 Å². The van der Waals surface area contributed by atoms with Crippen molar-refractivity contribution in [2.24, 2.45) is 0 Å². The van der Waals surface area contributed by atoms with Crippen LogP contribution in [0, 0.1) is 0 Å². The lowest BCUT2D eigenvalue weighted by molar-refractivity contribution is -0.108. The van der Waals surface area contributed by atoms with E-state index in [1.807, 2.05) is 6.07 Å². The van der Waals surface area contributed by atoms with Gasteiger partial charge < -0.3 is 4.79 Å². The Labute approximate surface area is 79.1 Å². The fourth-order valence-corrected chi connectivity index (χ4v) is 1.37. The lowest BCUT2D eigenvalue weighted by atomic mass is 10.3. The van der Waals surface area contributed by atoms with Gasteiger partial charge in [0, 0.05) is 0 Å². The fourth-order valence-electron chi connectivity index (χ4n) is 1.16. The molecule has 66 valence electrons. The Morgan fingerprint density at radius 2 is 2.38 bits per heavy atom. The van der Waals surface area contributed by atoms with Crippen molar-refractivity contribution in [1.29, 1.82) is 0 Å². The Morgan fingerprint density at radius 3 is 3.15 bits per heavy atom. The zero-order valence-electron chi connectivity index (χ0n) is 6.64. The molecule has 0 unspecified atom stereocenters. The molecule has 2 aromatic rings. The van der Waals surface area contributed by atoms with Crippen LogP contribution in [0.25, 0.3) is 11.0 Å². The van der Waals surface area contributed by atoms with Crippen molar-refractivity contribution in [3.05, 3.63) is 23.2 Å². The van der Waals surface area contributed by atoms with Gasteiger partial charge in [-0.05, 0) is 12.1 Å². The van der Waals surface area contributed by atoms with Gasteiger partial charge in [0.2, 0.25) is 0 Å². The third-order valence-corrected chi connectivity index (χ3v) is 2.05. The van der Waals surface area contributed by atoms with Gasteiger partial charge in [-0.15, -0.1) is 5.10 Å². The molecule has 4 nitrogen and oxygen atoms in total. The Kier molecular flexibility index (Phi) is 1.98. The zero-order valence-corrected chi connectivity index (χ0v) is 7.40. The van der Waals surface area contributed by atoms with E-state index in [9.17, 15) is 4.79 Å². The van der Waals surface area contributed by atoms with E-state index in [0.717, 1.165) is 11.8 Å². The molecule has 13 heavy (non-hydrogen) atoms. The average Bonchev–Trinajstić information content (AvgIpc) is 2.51. The summed E-state index contributed by atoms with van der Waals surface area (Å²) in [6.45, 7) is 0.205. The summed E-state index contributed by atoms with van der Waals surface area (Å²) in [5.41, 5.74) is 1.41. The van der Waals surface area contributed by atoms with Gasteiger partial charge in [-0.25, -0.2) is 4.68 Å². The molecule has 0 N–H and O–H groups in total. The van der Waals surface area contributed by atoms with Crippen LogP contribution in [0.4, 0.5) is 0 Å². The number of benzene rings is 1. The van der Waals surface area contributed by atoms with Gasteiger partial charge in [-0.2, -0.15) is 0 Å². The lowest BCUT2D eigenvalue weighted by Gasteiger charge is -1.94. The first kappa shape index (κ1) is 8.19. The van der Waals surface area contributed by atoms with Gasteiger partial charge >= 0.3 is 0 Å². The van der Waals surface area contributed by atoms with Crippen LogP contribution in [0.5, 0.6) is 0 Å². The van der Waals surface area contributed by atoms with Crippen LogP contribution < -0.4 is 0 Å². The maximum Gasteiger partial charge on any atom is 0.141 e. The topological polar surface area (TPSA) is 47.8 Å². The summed E-state index contributed by atoms with van der Waals surface area (Å²) in [7, 11) is 0. The second-order valence-electron chi connectivity index (χ2n) is 2.55. The summed E-state index contributed by atoms with van der Waals surface area (Å²) in [4.78, 5) is 10.3. The number of rotatable bonds is 2. The van der Waals surface area contributed by atoms with E-state index in [2.05, 4.69) is 10.3 Å². The molecular formula is C8H6ClN3O. The highest BCUT2D eigenvalue weighted by Crippen LogP contribution is 2.19. The molecule has 0 aliphatic heterocycles. The number of fused-ring (bicyclic) bond motifs is 1. The van der Waals surface area contributed by atoms with Gasteiger partial charge in [0.1, 0.15) is 11.8 Å². The number of aldehydes is 1. The maximum absolute atomic E-state index is 10.3.